The Morgan fingerprint density at radius 2 is 1.76 bits per heavy atom. The summed E-state index contributed by atoms with van der Waals surface area (Å²) >= 11 is 1.88. The lowest BCUT2D eigenvalue weighted by Gasteiger charge is -2.29. The highest BCUT2D eigenvalue weighted by Gasteiger charge is 2.31. The first kappa shape index (κ1) is 16.9. The zero-order chi connectivity index (χ0) is 15.5. The summed E-state index contributed by atoms with van der Waals surface area (Å²) in [6, 6.07) is 9.54. The van der Waals surface area contributed by atoms with Crippen LogP contribution in [-0.2, 0) is 5.41 Å². The lowest BCUT2D eigenvalue weighted by molar-refractivity contribution is 0.169. The van der Waals surface area contributed by atoms with Crippen LogP contribution in [0.15, 0.2) is 29.2 Å². The third-order valence-electron chi connectivity index (χ3n) is 4.12. The van der Waals surface area contributed by atoms with Gasteiger partial charge in [0.05, 0.1) is 6.61 Å². The maximum absolute atomic E-state index is 9.61. The third-order valence-corrected chi connectivity index (χ3v) is 5.14. The lowest BCUT2D eigenvalue weighted by Crippen LogP contribution is -2.47. The number of aliphatic hydroxyl groups is 1. The highest BCUT2D eigenvalue weighted by Crippen LogP contribution is 2.28. The van der Waals surface area contributed by atoms with E-state index in [1.807, 2.05) is 11.8 Å². The van der Waals surface area contributed by atoms with Crippen molar-refractivity contribution in [3.8, 4) is 0 Å². The monoisotopic (exact) mass is 307 g/mol. The molecule has 118 valence electrons. The molecule has 1 fully saturated rings. The van der Waals surface area contributed by atoms with Crippen LogP contribution in [0.4, 0.5) is 0 Å². The van der Waals surface area contributed by atoms with Crippen LogP contribution >= 0.6 is 11.8 Å². The van der Waals surface area contributed by atoms with Gasteiger partial charge in [-0.25, -0.2) is 0 Å². The standard InChI is InChI=1S/C18H29NOS/c1-17(2,3)14-5-9-16(10-6-14)21-12-11-18(4,13-20)19-15-7-8-15/h5-6,9-10,15,19-20H,7-8,11-13H2,1-4H3. The summed E-state index contributed by atoms with van der Waals surface area (Å²) in [6.07, 6.45) is 3.51. The van der Waals surface area contributed by atoms with E-state index in [0.717, 1.165) is 12.2 Å². The van der Waals surface area contributed by atoms with Crippen molar-refractivity contribution < 1.29 is 5.11 Å². The first-order chi connectivity index (χ1) is 9.82. The van der Waals surface area contributed by atoms with Gasteiger partial charge in [-0.15, -0.1) is 11.8 Å². The first-order valence-corrected chi connectivity index (χ1v) is 8.93. The van der Waals surface area contributed by atoms with Gasteiger partial charge < -0.3 is 10.4 Å². The van der Waals surface area contributed by atoms with Crippen LogP contribution in [0.1, 0.15) is 52.5 Å². The van der Waals surface area contributed by atoms with Crippen LogP contribution in [0.3, 0.4) is 0 Å². The number of benzene rings is 1. The molecule has 1 aliphatic carbocycles. The predicted octanol–water partition coefficient (Wildman–Crippen LogP) is 3.97. The number of hydrogen-bond donors (Lipinski definition) is 2. The smallest absolute Gasteiger partial charge is 0.0610 e. The summed E-state index contributed by atoms with van der Waals surface area (Å²) in [4.78, 5) is 1.31. The van der Waals surface area contributed by atoms with Crippen LogP contribution in [-0.4, -0.2) is 29.0 Å². The Bertz CT molecular complexity index is 447. The van der Waals surface area contributed by atoms with Crippen LogP contribution in [0.25, 0.3) is 0 Å². The average Bonchev–Trinajstić information content (AvgIpc) is 3.22. The Labute approximate surface area is 133 Å². The number of aliphatic hydroxyl groups excluding tert-OH is 1. The van der Waals surface area contributed by atoms with Crippen molar-refractivity contribution >= 4 is 11.8 Å². The van der Waals surface area contributed by atoms with E-state index in [0.29, 0.717) is 6.04 Å². The summed E-state index contributed by atoms with van der Waals surface area (Å²) < 4.78 is 0. The van der Waals surface area contributed by atoms with Gasteiger partial charge in [0.25, 0.3) is 0 Å². The van der Waals surface area contributed by atoms with E-state index in [2.05, 4.69) is 57.3 Å². The topological polar surface area (TPSA) is 32.3 Å². The second-order valence-electron chi connectivity index (χ2n) is 7.51. The van der Waals surface area contributed by atoms with Gasteiger partial charge in [-0.1, -0.05) is 32.9 Å². The van der Waals surface area contributed by atoms with E-state index in [9.17, 15) is 5.11 Å². The third kappa shape index (κ3) is 5.32. The summed E-state index contributed by atoms with van der Waals surface area (Å²) in [5.74, 6) is 1.03. The van der Waals surface area contributed by atoms with Crippen LogP contribution in [0.5, 0.6) is 0 Å². The SMILES string of the molecule is CC(CO)(CCSc1ccc(C(C)(C)C)cc1)NC1CC1. The van der Waals surface area contributed by atoms with E-state index in [1.165, 1.54) is 23.3 Å². The molecule has 1 aliphatic rings. The van der Waals surface area contributed by atoms with E-state index in [4.69, 9.17) is 0 Å². The van der Waals surface area contributed by atoms with Gasteiger partial charge in [0.1, 0.15) is 0 Å². The zero-order valence-corrected chi connectivity index (χ0v) is 14.6. The number of thioether (sulfide) groups is 1. The van der Waals surface area contributed by atoms with E-state index < -0.39 is 0 Å². The Morgan fingerprint density at radius 1 is 1.14 bits per heavy atom. The number of nitrogens with one attached hydrogen (secondary N) is 1. The largest absolute Gasteiger partial charge is 0.394 e. The molecule has 1 aromatic rings. The van der Waals surface area contributed by atoms with Crippen molar-refractivity contribution in [1.29, 1.82) is 0 Å². The summed E-state index contributed by atoms with van der Waals surface area (Å²) in [5, 5.41) is 13.2. The van der Waals surface area contributed by atoms with Crippen molar-refractivity contribution in [2.75, 3.05) is 12.4 Å². The molecule has 0 radical (unpaired) electrons. The molecule has 3 heteroatoms. The van der Waals surface area contributed by atoms with Crippen LogP contribution in [0, 0.1) is 0 Å². The minimum Gasteiger partial charge on any atom is -0.394 e. The predicted molar refractivity (Wildman–Crippen MR) is 92.1 cm³/mol. The van der Waals surface area contributed by atoms with E-state index >= 15 is 0 Å². The van der Waals surface area contributed by atoms with Crippen molar-refractivity contribution in [3.63, 3.8) is 0 Å². The van der Waals surface area contributed by atoms with Gasteiger partial charge in [-0.2, -0.15) is 0 Å². The molecular formula is C18H29NOS. The fraction of sp³-hybridized carbons (Fsp3) is 0.667. The Hall–Kier alpha value is -0.510. The first-order valence-electron chi connectivity index (χ1n) is 7.94. The molecule has 0 aromatic heterocycles. The molecule has 21 heavy (non-hydrogen) atoms. The Morgan fingerprint density at radius 3 is 2.24 bits per heavy atom. The highest BCUT2D eigenvalue weighted by atomic mass is 32.2. The number of rotatable bonds is 7. The van der Waals surface area contributed by atoms with Crippen molar-refractivity contribution in [3.05, 3.63) is 29.8 Å². The second-order valence-corrected chi connectivity index (χ2v) is 8.68. The quantitative estimate of drug-likeness (QED) is 0.748. The molecule has 2 nitrogen and oxygen atoms in total. The van der Waals surface area contributed by atoms with Gasteiger partial charge in [0, 0.05) is 16.5 Å². The van der Waals surface area contributed by atoms with Crippen molar-refractivity contribution in [1.82, 2.24) is 5.32 Å². The fourth-order valence-corrected chi connectivity index (χ4v) is 3.48. The van der Waals surface area contributed by atoms with E-state index in [-0.39, 0.29) is 17.6 Å². The molecule has 0 aliphatic heterocycles. The lowest BCUT2D eigenvalue weighted by atomic mass is 9.87. The molecule has 1 atom stereocenters. The molecule has 0 amide bonds. The molecule has 0 heterocycles. The van der Waals surface area contributed by atoms with Crippen LogP contribution < -0.4 is 5.32 Å². The molecule has 1 saturated carbocycles. The molecular weight excluding hydrogens is 278 g/mol. The van der Waals surface area contributed by atoms with Gasteiger partial charge in [-0.05, 0) is 55.1 Å². The molecule has 0 bridgehead atoms. The van der Waals surface area contributed by atoms with Gasteiger partial charge in [-0.3, -0.25) is 0 Å². The maximum atomic E-state index is 9.61. The second kappa shape index (κ2) is 6.72. The van der Waals surface area contributed by atoms with Gasteiger partial charge in [0.15, 0.2) is 0 Å². The van der Waals surface area contributed by atoms with E-state index in [1.54, 1.807) is 0 Å². The minimum atomic E-state index is -0.125. The summed E-state index contributed by atoms with van der Waals surface area (Å²) in [5.41, 5.74) is 1.47. The van der Waals surface area contributed by atoms with Crippen molar-refractivity contribution in [2.45, 2.75) is 68.8 Å². The molecule has 2 rings (SSSR count). The summed E-state index contributed by atoms with van der Waals surface area (Å²) in [6.45, 7) is 9.07. The highest BCUT2D eigenvalue weighted by molar-refractivity contribution is 7.99. The van der Waals surface area contributed by atoms with Crippen molar-refractivity contribution in [2.24, 2.45) is 0 Å². The molecule has 0 saturated heterocycles. The summed E-state index contributed by atoms with van der Waals surface area (Å²) in [7, 11) is 0. The minimum absolute atomic E-state index is 0.125. The van der Waals surface area contributed by atoms with Gasteiger partial charge >= 0.3 is 0 Å². The number of hydrogen-bond acceptors (Lipinski definition) is 3. The fourth-order valence-electron chi connectivity index (χ4n) is 2.36. The van der Waals surface area contributed by atoms with Crippen LogP contribution in [0.2, 0.25) is 0 Å². The maximum Gasteiger partial charge on any atom is 0.0610 e. The molecule has 1 unspecified atom stereocenters. The Balaban J connectivity index is 1.82. The van der Waals surface area contributed by atoms with Gasteiger partial charge in [0.2, 0.25) is 0 Å². The molecule has 2 N–H and O–H groups in total. The average molecular weight is 308 g/mol. The molecule has 1 aromatic carbocycles. The molecule has 0 spiro atoms. The normalized spacial score (nSPS) is 18.5. The zero-order valence-electron chi connectivity index (χ0n) is 13.8. The Kier molecular flexibility index (Phi) is 5.39.